The third-order valence-electron chi connectivity index (χ3n) is 3.91. The van der Waals surface area contributed by atoms with Crippen LogP contribution in [0, 0.1) is 0 Å². The highest BCUT2D eigenvalue weighted by molar-refractivity contribution is 5.53. The molecule has 2 N–H and O–H groups in total. The van der Waals surface area contributed by atoms with Crippen molar-refractivity contribution in [3.05, 3.63) is 22.8 Å². The van der Waals surface area contributed by atoms with Crippen molar-refractivity contribution in [3.8, 4) is 11.5 Å². The lowest BCUT2D eigenvalue weighted by Crippen LogP contribution is -1.98. The van der Waals surface area contributed by atoms with E-state index < -0.39 is 0 Å². The standard InChI is InChI=1S/C18H30O2/c1-4-7-10-14-13-15(11-8-5-2)18(20)16(17(14)19)12-9-6-3/h13,19-20H,4-12H2,1-3H3. The molecule has 2 nitrogen and oxygen atoms in total. The summed E-state index contributed by atoms with van der Waals surface area (Å²) >= 11 is 0. The second kappa shape index (κ2) is 8.89. The summed E-state index contributed by atoms with van der Waals surface area (Å²) in [6.45, 7) is 6.45. The molecule has 0 saturated carbocycles. The monoisotopic (exact) mass is 278 g/mol. The van der Waals surface area contributed by atoms with Gasteiger partial charge in [-0.3, -0.25) is 0 Å². The van der Waals surface area contributed by atoms with E-state index in [0.717, 1.165) is 74.5 Å². The minimum Gasteiger partial charge on any atom is -0.507 e. The summed E-state index contributed by atoms with van der Waals surface area (Å²) in [5.41, 5.74) is 2.80. The van der Waals surface area contributed by atoms with Crippen molar-refractivity contribution in [2.24, 2.45) is 0 Å². The molecule has 0 amide bonds. The number of benzene rings is 1. The normalized spacial score (nSPS) is 10.9. The van der Waals surface area contributed by atoms with E-state index in [-0.39, 0.29) is 0 Å². The molecule has 0 saturated heterocycles. The molecule has 1 aromatic rings. The maximum absolute atomic E-state index is 10.4. The quantitative estimate of drug-likeness (QED) is 0.657. The van der Waals surface area contributed by atoms with Crippen LogP contribution in [0.5, 0.6) is 11.5 Å². The highest BCUT2D eigenvalue weighted by Gasteiger charge is 2.16. The molecule has 2 heteroatoms. The summed E-state index contributed by atoms with van der Waals surface area (Å²) < 4.78 is 0. The minimum absolute atomic E-state index is 0.338. The second-order valence-corrected chi connectivity index (χ2v) is 5.68. The van der Waals surface area contributed by atoms with Gasteiger partial charge in [-0.15, -0.1) is 0 Å². The zero-order valence-corrected chi connectivity index (χ0v) is 13.3. The molecule has 114 valence electrons. The molecular weight excluding hydrogens is 248 g/mol. The van der Waals surface area contributed by atoms with Crippen LogP contribution in [-0.4, -0.2) is 10.2 Å². The Kier molecular flexibility index (Phi) is 7.50. The largest absolute Gasteiger partial charge is 0.507 e. The molecule has 1 rings (SSSR count). The Morgan fingerprint density at radius 1 is 0.700 bits per heavy atom. The number of unbranched alkanes of at least 4 members (excludes halogenated alkanes) is 3. The van der Waals surface area contributed by atoms with Gasteiger partial charge in [0.1, 0.15) is 11.5 Å². The maximum atomic E-state index is 10.4. The first-order valence-corrected chi connectivity index (χ1v) is 8.21. The van der Waals surface area contributed by atoms with E-state index in [1.165, 1.54) is 0 Å². The summed E-state index contributed by atoms with van der Waals surface area (Å²) in [6, 6.07) is 2.02. The molecule has 0 aromatic heterocycles. The van der Waals surface area contributed by atoms with Gasteiger partial charge in [0.2, 0.25) is 0 Å². The van der Waals surface area contributed by atoms with Crippen LogP contribution in [0.25, 0.3) is 0 Å². The number of hydrogen-bond acceptors (Lipinski definition) is 2. The van der Waals surface area contributed by atoms with Gasteiger partial charge in [-0.25, -0.2) is 0 Å². The van der Waals surface area contributed by atoms with E-state index in [1.54, 1.807) is 0 Å². The Bertz CT molecular complexity index is 378. The van der Waals surface area contributed by atoms with Gasteiger partial charge in [-0.05, 0) is 55.7 Å². The van der Waals surface area contributed by atoms with E-state index >= 15 is 0 Å². The molecule has 20 heavy (non-hydrogen) atoms. The van der Waals surface area contributed by atoms with Crippen LogP contribution < -0.4 is 0 Å². The Hall–Kier alpha value is -1.18. The average Bonchev–Trinajstić information content (AvgIpc) is 2.45. The molecule has 0 unspecified atom stereocenters. The Morgan fingerprint density at radius 2 is 1.10 bits per heavy atom. The fourth-order valence-electron chi connectivity index (χ4n) is 2.55. The molecule has 0 aliphatic rings. The second-order valence-electron chi connectivity index (χ2n) is 5.68. The van der Waals surface area contributed by atoms with Gasteiger partial charge in [0.25, 0.3) is 0 Å². The van der Waals surface area contributed by atoms with E-state index in [0.29, 0.717) is 11.5 Å². The smallest absolute Gasteiger partial charge is 0.125 e. The average molecular weight is 278 g/mol. The SMILES string of the molecule is CCCCc1cc(CCCC)c(O)c(CCCC)c1O. The van der Waals surface area contributed by atoms with Crippen LogP contribution in [0.3, 0.4) is 0 Å². The van der Waals surface area contributed by atoms with E-state index in [2.05, 4.69) is 20.8 Å². The lowest BCUT2D eigenvalue weighted by atomic mass is 9.93. The van der Waals surface area contributed by atoms with Crippen molar-refractivity contribution >= 4 is 0 Å². The van der Waals surface area contributed by atoms with E-state index in [4.69, 9.17) is 0 Å². The lowest BCUT2D eigenvalue weighted by molar-refractivity contribution is 0.426. The highest BCUT2D eigenvalue weighted by atomic mass is 16.3. The van der Waals surface area contributed by atoms with Crippen molar-refractivity contribution in [3.63, 3.8) is 0 Å². The number of rotatable bonds is 9. The van der Waals surface area contributed by atoms with Crippen LogP contribution in [0.4, 0.5) is 0 Å². The number of hydrogen-bond donors (Lipinski definition) is 2. The summed E-state index contributed by atoms with van der Waals surface area (Å²) in [6.07, 6.45) is 9.06. The van der Waals surface area contributed by atoms with Crippen LogP contribution >= 0.6 is 0 Å². The zero-order valence-electron chi connectivity index (χ0n) is 13.3. The Morgan fingerprint density at radius 3 is 1.50 bits per heavy atom. The number of phenolic OH excluding ortho intramolecular Hbond substituents is 2. The van der Waals surface area contributed by atoms with Crippen LogP contribution in [-0.2, 0) is 19.3 Å². The first-order valence-electron chi connectivity index (χ1n) is 8.21. The highest BCUT2D eigenvalue weighted by Crippen LogP contribution is 2.37. The molecule has 0 spiro atoms. The van der Waals surface area contributed by atoms with Crippen molar-refractivity contribution in [1.29, 1.82) is 0 Å². The van der Waals surface area contributed by atoms with Crippen molar-refractivity contribution in [2.45, 2.75) is 78.6 Å². The van der Waals surface area contributed by atoms with Crippen LogP contribution in [0.15, 0.2) is 6.07 Å². The van der Waals surface area contributed by atoms with Gasteiger partial charge in [-0.1, -0.05) is 40.0 Å². The van der Waals surface area contributed by atoms with E-state index in [1.807, 2.05) is 6.07 Å². The first kappa shape index (κ1) is 16.9. The third kappa shape index (κ3) is 4.43. The predicted octanol–water partition coefficient (Wildman–Crippen LogP) is 5.13. The Balaban J connectivity index is 3.09. The molecule has 0 atom stereocenters. The predicted molar refractivity (Wildman–Crippen MR) is 85.6 cm³/mol. The van der Waals surface area contributed by atoms with Gasteiger partial charge in [0.15, 0.2) is 0 Å². The van der Waals surface area contributed by atoms with Gasteiger partial charge < -0.3 is 10.2 Å². The van der Waals surface area contributed by atoms with Gasteiger partial charge >= 0.3 is 0 Å². The minimum atomic E-state index is 0.338. The number of aromatic hydroxyl groups is 2. The summed E-state index contributed by atoms with van der Waals surface area (Å²) in [7, 11) is 0. The van der Waals surface area contributed by atoms with E-state index in [9.17, 15) is 10.2 Å². The molecule has 0 bridgehead atoms. The lowest BCUT2D eigenvalue weighted by Gasteiger charge is -2.16. The molecule has 0 heterocycles. The number of aryl methyl sites for hydroxylation is 2. The van der Waals surface area contributed by atoms with Crippen molar-refractivity contribution in [1.82, 2.24) is 0 Å². The van der Waals surface area contributed by atoms with Gasteiger partial charge in [0, 0.05) is 5.56 Å². The fraction of sp³-hybridized carbons (Fsp3) is 0.667. The third-order valence-corrected chi connectivity index (χ3v) is 3.91. The molecule has 0 fully saturated rings. The van der Waals surface area contributed by atoms with Gasteiger partial charge in [-0.2, -0.15) is 0 Å². The topological polar surface area (TPSA) is 40.5 Å². The molecule has 1 aromatic carbocycles. The maximum Gasteiger partial charge on any atom is 0.125 e. The van der Waals surface area contributed by atoms with Crippen LogP contribution in [0.2, 0.25) is 0 Å². The van der Waals surface area contributed by atoms with Crippen LogP contribution in [0.1, 0.15) is 76.0 Å². The summed E-state index contributed by atoms with van der Waals surface area (Å²) in [4.78, 5) is 0. The molecule has 0 radical (unpaired) electrons. The summed E-state index contributed by atoms with van der Waals surface area (Å²) in [5.74, 6) is 0.675. The fourth-order valence-corrected chi connectivity index (χ4v) is 2.55. The Labute approximate surface area is 123 Å². The number of phenols is 2. The zero-order chi connectivity index (χ0) is 15.0. The molecular formula is C18H30O2. The first-order chi connectivity index (χ1) is 9.65. The molecule has 0 aliphatic heterocycles. The molecule has 0 aliphatic carbocycles. The van der Waals surface area contributed by atoms with Crippen molar-refractivity contribution < 1.29 is 10.2 Å². The van der Waals surface area contributed by atoms with Crippen molar-refractivity contribution in [2.75, 3.05) is 0 Å². The van der Waals surface area contributed by atoms with Gasteiger partial charge in [0.05, 0.1) is 0 Å². The summed E-state index contributed by atoms with van der Waals surface area (Å²) in [5, 5.41) is 20.8.